The number of amides is 1. The number of rotatable bonds is 5. The first-order valence-electron chi connectivity index (χ1n) is 6.83. The maximum absolute atomic E-state index is 12.1. The summed E-state index contributed by atoms with van der Waals surface area (Å²) in [5, 5.41) is 16.9. The van der Waals surface area contributed by atoms with Crippen molar-refractivity contribution in [2.24, 2.45) is 5.41 Å². The van der Waals surface area contributed by atoms with E-state index in [1.165, 1.54) is 0 Å². The van der Waals surface area contributed by atoms with Crippen molar-refractivity contribution >= 4 is 17.5 Å². The molecule has 2 N–H and O–H groups in total. The SMILES string of the molecule is O=C(NCC1(CO)CC1)c1ccn(-c2ccccc2Cl)n1. The van der Waals surface area contributed by atoms with Crippen molar-refractivity contribution in [3.05, 3.63) is 47.2 Å². The number of halogens is 1. The normalized spacial score (nSPS) is 15.7. The van der Waals surface area contributed by atoms with Gasteiger partial charge >= 0.3 is 0 Å². The summed E-state index contributed by atoms with van der Waals surface area (Å²) in [7, 11) is 0. The number of para-hydroxylation sites is 1. The fraction of sp³-hybridized carbons (Fsp3) is 0.333. The second-order valence-electron chi connectivity index (χ2n) is 5.44. The summed E-state index contributed by atoms with van der Waals surface area (Å²) in [4.78, 5) is 12.1. The Balaban J connectivity index is 1.70. The number of hydrogen-bond donors (Lipinski definition) is 2. The molecule has 1 saturated carbocycles. The molecule has 3 rings (SSSR count). The number of carbonyl (C=O) groups is 1. The van der Waals surface area contributed by atoms with Crippen molar-refractivity contribution in [2.45, 2.75) is 12.8 Å². The molecule has 0 aliphatic heterocycles. The number of aromatic nitrogens is 2. The van der Waals surface area contributed by atoms with Crippen molar-refractivity contribution in [3.63, 3.8) is 0 Å². The van der Waals surface area contributed by atoms with Crippen molar-refractivity contribution < 1.29 is 9.90 Å². The molecule has 1 aromatic heterocycles. The fourth-order valence-corrected chi connectivity index (χ4v) is 2.36. The van der Waals surface area contributed by atoms with E-state index in [0.717, 1.165) is 18.5 Å². The minimum atomic E-state index is -0.236. The number of nitrogens with one attached hydrogen (secondary N) is 1. The van der Waals surface area contributed by atoms with Crippen molar-refractivity contribution in [1.82, 2.24) is 15.1 Å². The summed E-state index contributed by atoms with van der Waals surface area (Å²) in [6, 6.07) is 8.96. The molecule has 5 nitrogen and oxygen atoms in total. The van der Waals surface area contributed by atoms with Crippen molar-refractivity contribution in [2.75, 3.05) is 13.2 Å². The van der Waals surface area contributed by atoms with Gasteiger partial charge in [-0.15, -0.1) is 0 Å². The zero-order chi connectivity index (χ0) is 14.9. The fourth-order valence-electron chi connectivity index (χ4n) is 2.14. The number of benzene rings is 1. The molecule has 6 heteroatoms. The molecule has 1 fully saturated rings. The van der Waals surface area contributed by atoms with Gasteiger partial charge in [-0.2, -0.15) is 5.10 Å². The van der Waals surface area contributed by atoms with Crippen LogP contribution in [-0.4, -0.2) is 33.9 Å². The van der Waals surface area contributed by atoms with Gasteiger partial charge in [-0.25, -0.2) is 4.68 Å². The van der Waals surface area contributed by atoms with E-state index >= 15 is 0 Å². The van der Waals surface area contributed by atoms with Crippen LogP contribution < -0.4 is 5.32 Å². The van der Waals surface area contributed by atoms with E-state index < -0.39 is 0 Å². The van der Waals surface area contributed by atoms with E-state index in [0.29, 0.717) is 17.3 Å². The van der Waals surface area contributed by atoms with Gasteiger partial charge in [0.2, 0.25) is 0 Å². The summed E-state index contributed by atoms with van der Waals surface area (Å²) in [6.45, 7) is 0.600. The summed E-state index contributed by atoms with van der Waals surface area (Å²) < 4.78 is 1.58. The molecular formula is C15H16ClN3O2. The van der Waals surface area contributed by atoms with Crippen LogP contribution in [0.4, 0.5) is 0 Å². The van der Waals surface area contributed by atoms with Crippen LogP contribution in [0.1, 0.15) is 23.3 Å². The molecule has 1 amide bonds. The minimum absolute atomic E-state index is 0.110. The Morgan fingerprint density at radius 1 is 1.38 bits per heavy atom. The quantitative estimate of drug-likeness (QED) is 0.888. The first-order chi connectivity index (χ1) is 10.1. The molecule has 21 heavy (non-hydrogen) atoms. The molecule has 0 saturated heterocycles. The van der Waals surface area contributed by atoms with Gasteiger partial charge in [-0.3, -0.25) is 4.79 Å². The van der Waals surface area contributed by atoms with Gasteiger partial charge in [-0.05, 0) is 31.0 Å². The van der Waals surface area contributed by atoms with E-state index in [9.17, 15) is 9.90 Å². The lowest BCUT2D eigenvalue weighted by molar-refractivity contribution is 0.0930. The monoisotopic (exact) mass is 305 g/mol. The van der Waals surface area contributed by atoms with Crippen molar-refractivity contribution in [3.8, 4) is 5.69 Å². The Labute approximate surface area is 127 Å². The zero-order valence-corrected chi connectivity index (χ0v) is 12.2. The number of carbonyl (C=O) groups excluding carboxylic acids is 1. The number of aliphatic hydroxyl groups is 1. The molecule has 0 spiro atoms. The topological polar surface area (TPSA) is 67.2 Å². The predicted octanol–water partition coefficient (Wildman–Crippen LogP) is 2.03. The highest BCUT2D eigenvalue weighted by Gasteiger charge is 2.42. The summed E-state index contributed by atoms with van der Waals surface area (Å²) >= 11 is 6.11. The highest BCUT2D eigenvalue weighted by atomic mass is 35.5. The Morgan fingerprint density at radius 2 is 2.14 bits per heavy atom. The molecular weight excluding hydrogens is 290 g/mol. The number of hydrogen-bond acceptors (Lipinski definition) is 3. The van der Waals surface area contributed by atoms with E-state index in [1.54, 1.807) is 23.0 Å². The summed E-state index contributed by atoms with van der Waals surface area (Å²) in [5.74, 6) is -0.236. The molecule has 1 aliphatic carbocycles. The van der Waals surface area contributed by atoms with Gasteiger partial charge in [0.25, 0.3) is 5.91 Å². The molecule has 1 aromatic carbocycles. The molecule has 2 aromatic rings. The lowest BCUT2D eigenvalue weighted by Gasteiger charge is -2.11. The number of nitrogens with zero attached hydrogens (tertiary/aromatic N) is 2. The first kappa shape index (κ1) is 14.1. The highest BCUT2D eigenvalue weighted by molar-refractivity contribution is 6.32. The lowest BCUT2D eigenvalue weighted by atomic mass is 10.1. The van der Waals surface area contributed by atoms with Crippen LogP contribution >= 0.6 is 11.6 Å². The van der Waals surface area contributed by atoms with Crippen molar-refractivity contribution in [1.29, 1.82) is 0 Å². The van der Waals surface area contributed by atoms with Crippen LogP contribution in [0.15, 0.2) is 36.5 Å². The molecule has 0 unspecified atom stereocenters. The third-order valence-corrected chi connectivity index (χ3v) is 4.16. The second-order valence-corrected chi connectivity index (χ2v) is 5.84. The third kappa shape index (κ3) is 2.94. The van der Waals surface area contributed by atoms with Gasteiger partial charge < -0.3 is 10.4 Å². The first-order valence-corrected chi connectivity index (χ1v) is 7.21. The Morgan fingerprint density at radius 3 is 2.81 bits per heavy atom. The Bertz CT molecular complexity index is 664. The maximum Gasteiger partial charge on any atom is 0.271 e. The van der Waals surface area contributed by atoms with Crippen LogP contribution in [0.3, 0.4) is 0 Å². The molecule has 0 atom stereocenters. The van der Waals surface area contributed by atoms with Gasteiger partial charge in [0.15, 0.2) is 5.69 Å². The van der Waals surface area contributed by atoms with E-state index in [4.69, 9.17) is 11.6 Å². The van der Waals surface area contributed by atoms with Gasteiger partial charge in [-0.1, -0.05) is 23.7 Å². The van der Waals surface area contributed by atoms with Crippen LogP contribution in [0, 0.1) is 5.41 Å². The predicted molar refractivity (Wildman–Crippen MR) is 79.7 cm³/mol. The third-order valence-electron chi connectivity index (χ3n) is 3.84. The summed E-state index contributed by atoms with van der Waals surface area (Å²) in [5.41, 5.74) is 0.955. The molecule has 0 bridgehead atoms. The standard InChI is InChI=1S/C15H16ClN3O2/c16-11-3-1-2-4-13(11)19-8-5-12(18-19)14(21)17-9-15(10-20)6-7-15/h1-5,8,20H,6-7,9-10H2,(H,17,21). The van der Waals surface area contributed by atoms with E-state index in [2.05, 4.69) is 10.4 Å². The minimum Gasteiger partial charge on any atom is -0.396 e. The molecule has 1 aliphatic rings. The highest BCUT2D eigenvalue weighted by Crippen LogP contribution is 2.44. The van der Waals surface area contributed by atoms with Gasteiger partial charge in [0, 0.05) is 18.2 Å². The number of aliphatic hydroxyl groups excluding tert-OH is 1. The zero-order valence-electron chi connectivity index (χ0n) is 11.4. The van der Waals surface area contributed by atoms with Crippen LogP contribution in [-0.2, 0) is 0 Å². The Kier molecular flexibility index (Phi) is 3.69. The molecule has 1 heterocycles. The second kappa shape index (κ2) is 5.50. The van der Waals surface area contributed by atoms with Crippen LogP contribution in [0.25, 0.3) is 5.69 Å². The van der Waals surface area contributed by atoms with Crippen LogP contribution in [0.5, 0.6) is 0 Å². The Hall–Kier alpha value is -1.85. The molecule has 110 valence electrons. The van der Waals surface area contributed by atoms with Crippen LogP contribution in [0.2, 0.25) is 5.02 Å². The van der Waals surface area contributed by atoms with Gasteiger partial charge in [0.1, 0.15) is 0 Å². The average Bonchev–Trinajstić information content (AvgIpc) is 3.12. The van der Waals surface area contributed by atoms with Gasteiger partial charge in [0.05, 0.1) is 17.3 Å². The molecule has 0 radical (unpaired) electrons. The average molecular weight is 306 g/mol. The largest absolute Gasteiger partial charge is 0.396 e. The summed E-state index contributed by atoms with van der Waals surface area (Å²) in [6.07, 6.45) is 3.62. The smallest absolute Gasteiger partial charge is 0.271 e. The van der Waals surface area contributed by atoms with E-state index in [-0.39, 0.29) is 17.9 Å². The maximum atomic E-state index is 12.1. The lowest BCUT2D eigenvalue weighted by Crippen LogP contribution is -2.32. The van der Waals surface area contributed by atoms with E-state index in [1.807, 2.05) is 18.2 Å².